The van der Waals surface area contributed by atoms with Crippen LogP contribution in [0.1, 0.15) is 0 Å². The number of hydrogen-bond donors (Lipinski definition) is 0. The van der Waals surface area contributed by atoms with Crippen LogP contribution in [0.2, 0.25) is 0 Å². The van der Waals surface area contributed by atoms with Gasteiger partial charge in [0.05, 0.1) is 0 Å². The zero-order valence-corrected chi connectivity index (χ0v) is 18.7. The van der Waals surface area contributed by atoms with E-state index in [9.17, 15) is 0 Å². The van der Waals surface area contributed by atoms with E-state index in [1.54, 1.807) is 21.3 Å². The monoisotopic (exact) mass is 458 g/mol. The summed E-state index contributed by atoms with van der Waals surface area (Å²) < 4.78 is 16.1. The Morgan fingerprint density at radius 1 is 0.607 bits per heavy atom. The maximum atomic E-state index is 5.36. The van der Waals surface area contributed by atoms with Crippen molar-refractivity contribution < 1.29 is 14.2 Å². The zero-order chi connectivity index (χ0) is 20.2. The molecule has 3 aromatic rings. The van der Waals surface area contributed by atoms with Gasteiger partial charge in [0, 0.05) is 0 Å². The van der Waals surface area contributed by atoms with Crippen LogP contribution in [0.3, 0.4) is 0 Å². The first-order valence-electron chi connectivity index (χ1n) is 8.81. The Kier molecular flexibility index (Phi) is 5.83. The van der Waals surface area contributed by atoms with E-state index in [2.05, 4.69) is 64.3 Å². The second-order valence-corrected chi connectivity index (χ2v) is 14.8. The van der Waals surface area contributed by atoms with E-state index in [1.807, 2.05) is 36.4 Å². The summed E-state index contributed by atoms with van der Waals surface area (Å²) in [7, 11) is 5.01. The Balaban J connectivity index is 2.33. The molecule has 28 heavy (non-hydrogen) atoms. The number of methoxy groups -OCH3 is 3. The fourth-order valence-electron chi connectivity index (χ4n) is 3.38. The molecule has 3 rings (SSSR count). The van der Waals surface area contributed by atoms with E-state index < -0.39 is 5.31 Å². The van der Waals surface area contributed by atoms with Gasteiger partial charge in [-0.15, -0.1) is 0 Å². The summed E-state index contributed by atoms with van der Waals surface area (Å²) in [4.78, 5) is 0. The molecule has 5 heteroatoms. The molecule has 0 unspecified atom stereocenters. The molecule has 3 nitrogen and oxygen atoms in total. The Morgan fingerprint density at radius 3 is 1.04 bits per heavy atom. The normalized spacial score (nSPS) is 12.5. The molecule has 0 aromatic heterocycles. The van der Waals surface area contributed by atoms with E-state index in [1.165, 1.54) is 0 Å². The molecule has 0 aliphatic heterocycles. The Morgan fingerprint density at radius 2 is 0.857 bits per heavy atom. The molecule has 0 saturated heterocycles. The summed E-state index contributed by atoms with van der Waals surface area (Å²) in [6.45, 7) is 4.28. The van der Waals surface area contributed by atoms with Gasteiger partial charge in [0.1, 0.15) is 0 Å². The van der Waals surface area contributed by atoms with Crippen LogP contribution in [0, 0.1) is 0 Å². The minimum absolute atomic E-state index is 0.815. The second kappa shape index (κ2) is 7.98. The van der Waals surface area contributed by atoms with E-state index in [4.69, 9.17) is 14.2 Å². The predicted octanol–water partition coefficient (Wildman–Crippen LogP) is 5.00. The molecule has 146 valence electrons. The van der Waals surface area contributed by atoms with Crippen LogP contribution in [0.25, 0.3) is 0 Å². The first-order chi connectivity index (χ1) is 13.5. The molecule has 0 amide bonds. The summed E-state index contributed by atoms with van der Waals surface area (Å²) in [6, 6.07) is 24.5. The SMILES string of the molecule is C=CP(Br)(c1ccc(OC)cc1)(c1ccc(OC)cc1)c1ccc(OC)cc1. The van der Waals surface area contributed by atoms with E-state index in [-0.39, 0.29) is 0 Å². The molecule has 0 aliphatic rings. The van der Waals surface area contributed by atoms with Crippen LogP contribution in [-0.4, -0.2) is 21.3 Å². The summed E-state index contributed by atoms with van der Waals surface area (Å²) in [5.41, 5.74) is 0. The van der Waals surface area contributed by atoms with Gasteiger partial charge in [-0.25, -0.2) is 0 Å². The van der Waals surface area contributed by atoms with E-state index in [0.29, 0.717) is 0 Å². The molecule has 0 saturated carbocycles. The molecule has 0 aliphatic carbocycles. The van der Waals surface area contributed by atoms with Crippen molar-refractivity contribution in [2.24, 2.45) is 0 Å². The van der Waals surface area contributed by atoms with Crippen molar-refractivity contribution >= 4 is 36.7 Å². The summed E-state index contributed by atoms with van der Waals surface area (Å²) in [5, 5.41) is 0.304. The number of halogens is 1. The third kappa shape index (κ3) is 3.21. The Labute approximate surface area is 174 Å². The van der Waals surface area contributed by atoms with Crippen LogP contribution in [-0.2, 0) is 0 Å². The third-order valence-corrected chi connectivity index (χ3v) is 14.2. The van der Waals surface area contributed by atoms with Crippen molar-refractivity contribution in [2.75, 3.05) is 21.3 Å². The van der Waals surface area contributed by atoms with Crippen molar-refractivity contribution in [2.45, 2.75) is 0 Å². The standard InChI is InChI=1S/C23H24BrO3P/c1-5-28(24,21-12-6-18(25-2)7-13-21,22-14-8-19(26-3)9-15-22)23-16-10-20(27-4)11-17-23/h5-17H,1H2,2-4H3. The number of rotatable bonds is 7. The van der Waals surface area contributed by atoms with Gasteiger partial charge in [-0.05, 0) is 0 Å². The van der Waals surface area contributed by atoms with Crippen molar-refractivity contribution in [1.29, 1.82) is 0 Å². The van der Waals surface area contributed by atoms with E-state index >= 15 is 0 Å². The summed E-state index contributed by atoms with van der Waals surface area (Å²) in [5.74, 6) is 4.50. The van der Waals surface area contributed by atoms with Crippen LogP contribution < -0.4 is 30.1 Å². The summed E-state index contributed by atoms with van der Waals surface area (Å²) in [6.07, 6.45) is 0. The quantitative estimate of drug-likeness (QED) is 0.466. The molecule has 3 aromatic carbocycles. The van der Waals surface area contributed by atoms with Crippen molar-refractivity contribution in [3.63, 3.8) is 0 Å². The fraction of sp³-hybridized carbons (Fsp3) is 0.130. The van der Waals surface area contributed by atoms with Gasteiger partial charge in [0.25, 0.3) is 0 Å². The molecule has 0 N–H and O–H groups in total. The van der Waals surface area contributed by atoms with Crippen molar-refractivity contribution in [3.8, 4) is 17.2 Å². The van der Waals surface area contributed by atoms with Gasteiger partial charge in [-0.1, -0.05) is 0 Å². The average molecular weight is 459 g/mol. The van der Waals surface area contributed by atoms with Crippen LogP contribution in [0.5, 0.6) is 17.2 Å². The number of hydrogen-bond acceptors (Lipinski definition) is 3. The molecule has 0 spiro atoms. The second-order valence-electron chi connectivity index (χ2n) is 6.35. The van der Waals surface area contributed by atoms with Gasteiger partial charge >= 0.3 is 175 Å². The first-order valence-corrected chi connectivity index (χ1v) is 13.1. The van der Waals surface area contributed by atoms with Gasteiger partial charge in [0.2, 0.25) is 0 Å². The minimum atomic E-state index is -3.10. The maximum absolute atomic E-state index is 5.36. The molecular weight excluding hydrogens is 435 g/mol. The summed E-state index contributed by atoms with van der Waals surface area (Å²) >= 11 is 4.25. The number of ether oxygens (including phenoxy) is 3. The topological polar surface area (TPSA) is 27.7 Å². The molecule has 0 heterocycles. The third-order valence-electron chi connectivity index (χ3n) is 5.07. The van der Waals surface area contributed by atoms with Gasteiger partial charge in [0.15, 0.2) is 0 Å². The van der Waals surface area contributed by atoms with Gasteiger partial charge in [-0.2, -0.15) is 0 Å². The molecule has 0 fully saturated rings. The molecule has 0 radical (unpaired) electrons. The predicted molar refractivity (Wildman–Crippen MR) is 124 cm³/mol. The molecule has 0 bridgehead atoms. The van der Waals surface area contributed by atoms with E-state index in [0.717, 1.165) is 33.2 Å². The molecule has 0 atom stereocenters. The van der Waals surface area contributed by atoms with Crippen molar-refractivity contribution in [1.82, 2.24) is 0 Å². The van der Waals surface area contributed by atoms with Crippen molar-refractivity contribution in [3.05, 3.63) is 85.2 Å². The van der Waals surface area contributed by atoms with Crippen LogP contribution in [0.4, 0.5) is 0 Å². The van der Waals surface area contributed by atoms with Gasteiger partial charge in [-0.3, -0.25) is 0 Å². The molecular formula is C23H24BrO3P. The fourth-order valence-corrected chi connectivity index (χ4v) is 9.24. The number of benzene rings is 3. The first kappa shape index (κ1) is 20.4. The Hall–Kier alpha value is -2.29. The van der Waals surface area contributed by atoms with Gasteiger partial charge < -0.3 is 0 Å². The Bertz CT molecular complexity index is 832. The average Bonchev–Trinajstić information content (AvgIpc) is 2.79. The zero-order valence-electron chi connectivity index (χ0n) is 16.3. The van der Waals surface area contributed by atoms with Crippen LogP contribution >= 0.6 is 20.8 Å². The van der Waals surface area contributed by atoms with Crippen LogP contribution in [0.15, 0.2) is 85.2 Å².